The van der Waals surface area contributed by atoms with Crippen molar-refractivity contribution in [1.29, 1.82) is 0 Å². The molecule has 2 nitrogen and oxygen atoms in total. The molecule has 0 N–H and O–H groups in total. The van der Waals surface area contributed by atoms with Crippen LogP contribution in [0.15, 0.2) is 206 Å². The van der Waals surface area contributed by atoms with Crippen molar-refractivity contribution in [3.63, 3.8) is 0 Å². The summed E-state index contributed by atoms with van der Waals surface area (Å²) >= 11 is 10.8. The first-order valence-electron chi connectivity index (χ1n) is 19.1. The van der Waals surface area contributed by atoms with Crippen molar-refractivity contribution in [3.8, 4) is 0 Å². The van der Waals surface area contributed by atoms with Crippen molar-refractivity contribution < 1.29 is 0 Å². The summed E-state index contributed by atoms with van der Waals surface area (Å²) < 4.78 is 2.36. The van der Waals surface area contributed by atoms with Crippen molar-refractivity contribution in [3.05, 3.63) is 206 Å². The summed E-state index contributed by atoms with van der Waals surface area (Å²) in [6, 6.07) is 72.6. The number of hydrogen-bond donors (Lipinski definition) is 0. The predicted octanol–water partition coefficient (Wildman–Crippen LogP) is 10.2. The number of aromatic nitrogens is 2. The van der Waals surface area contributed by atoms with E-state index in [4.69, 9.17) is 16.8 Å². The molecule has 0 radical (unpaired) electrons. The van der Waals surface area contributed by atoms with E-state index in [1.165, 1.54) is 64.1 Å². The number of nitrogens with zero attached hydrogens (tertiary/aromatic N) is 2. The van der Waals surface area contributed by atoms with E-state index in [2.05, 4.69) is 226 Å². The molecule has 0 bridgehead atoms. The Morgan fingerprint density at radius 1 is 0.421 bits per heavy atom. The van der Waals surface area contributed by atoms with Crippen molar-refractivity contribution >= 4 is 130 Å². The Bertz CT molecular complexity index is 3430. The van der Waals surface area contributed by atoms with Crippen molar-refractivity contribution in [2.75, 3.05) is 0 Å². The minimum atomic E-state index is -2.47. The number of hydrogen-bond acceptors (Lipinski definition) is 2. The number of imidazole rings is 1. The van der Waals surface area contributed by atoms with E-state index in [-0.39, 0.29) is 0 Å². The molecule has 0 saturated carbocycles. The van der Waals surface area contributed by atoms with E-state index in [9.17, 15) is 0 Å². The van der Waals surface area contributed by atoms with Crippen LogP contribution in [-0.2, 0) is 11.8 Å². The summed E-state index contributed by atoms with van der Waals surface area (Å²) in [7, 11) is 0. The molecular formula is C51H34N2P2SSe. The summed E-state index contributed by atoms with van der Waals surface area (Å²) in [6.45, 7) is 0. The third-order valence-electron chi connectivity index (χ3n) is 11.5. The number of fused-ring (bicyclic) bond motifs is 11. The van der Waals surface area contributed by atoms with E-state index in [1.807, 2.05) is 0 Å². The molecule has 270 valence electrons. The van der Waals surface area contributed by atoms with Crippen LogP contribution >= 0.6 is 11.5 Å². The summed E-state index contributed by atoms with van der Waals surface area (Å²) in [6.07, 6.45) is 0. The number of para-hydroxylation sites is 1. The van der Waals surface area contributed by atoms with E-state index in [0.29, 0.717) is 0 Å². The average Bonchev–Trinajstić information content (AvgIpc) is 3.68. The predicted molar refractivity (Wildman–Crippen MR) is 253 cm³/mol. The molecule has 0 aliphatic heterocycles. The fourth-order valence-electron chi connectivity index (χ4n) is 8.82. The normalized spacial score (nSPS) is 13.2. The number of pyridine rings is 1. The van der Waals surface area contributed by atoms with Crippen LogP contribution in [0.5, 0.6) is 0 Å². The van der Waals surface area contributed by atoms with Crippen LogP contribution in [0.25, 0.3) is 59.9 Å². The molecule has 57 heavy (non-hydrogen) atoms. The maximum atomic E-state index is 6.97. The third kappa shape index (κ3) is 5.33. The Morgan fingerprint density at radius 2 is 0.965 bits per heavy atom. The van der Waals surface area contributed by atoms with Gasteiger partial charge in [-0.1, -0.05) is 36.4 Å². The van der Waals surface area contributed by atoms with Gasteiger partial charge in [-0.05, 0) is 0 Å². The van der Waals surface area contributed by atoms with Gasteiger partial charge in [0.25, 0.3) is 0 Å². The second-order valence-corrected chi connectivity index (χ2v) is 25.2. The molecule has 9 aromatic carbocycles. The quantitative estimate of drug-likeness (QED) is 0.0943. The molecule has 0 aliphatic rings. The zero-order valence-electron chi connectivity index (χ0n) is 30.7. The van der Waals surface area contributed by atoms with Gasteiger partial charge in [0.2, 0.25) is 0 Å². The Balaban J connectivity index is 1.19. The fourth-order valence-corrected chi connectivity index (χ4v) is 17.8. The first-order chi connectivity index (χ1) is 28.0. The monoisotopic (exact) mass is 848 g/mol. The van der Waals surface area contributed by atoms with E-state index >= 15 is 0 Å². The zero-order chi connectivity index (χ0) is 38.1. The van der Waals surface area contributed by atoms with Gasteiger partial charge in [0.1, 0.15) is 0 Å². The number of rotatable bonds is 6. The van der Waals surface area contributed by atoms with Crippen LogP contribution in [0, 0.1) is 0 Å². The van der Waals surface area contributed by atoms with Crippen LogP contribution < -0.4 is 31.8 Å². The minimum absolute atomic E-state index is 0.946. The maximum absolute atomic E-state index is 6.97. The van der Waals surface area contributed by atoms with Gasteiger partial charge in [-0.3, -0.25) is 0 Å². The molecule has 2 heterocycles. The van der Waals surface area contributed by atoms with E-state index < -0.39 is 11.5 Å². The summed E-state index contributed by atoms with van der Waals surface area (Å²) in [5, 5.41) is 15.9. The molecule has 11 aromatic rings. The molecule has 0 fully saturated rings. The van der Waals surface area contributed by atoms with Gasteiger partial charge in [0.05, 0.1) is 0 Å². The first kappa shape index (κ1) is 34.8. The summed E-state index contributed by atoms with van der Waals surface area (Å²) in [4.78, 5) is 5.56. The van der Waals surface area contributed by atoms with Gasteiger partial charge >= 0.3 is 309 Å². The molecule has 11 rings (SSSR count). The molecule has 2 aromatic heterocycles. The van der Waals surface area contributed by atoms with Gasteiger partial charge < -0.3 is 0 Å². The van der Waals surface area contributed by atoms with Crippen molar-refractivity contribution in [1.82, 2.24) is 9.38 Å². The van der Waals surface area contributed by atoms with Crippen LogP contribution in [0.3, 0.4) is 0 Å². The Hall–Kier alpha value is -5.43. The SMILES string of the molecule is S=P(c1ccccc1)(c1ccccc1)c1cccc2c1c1ccccc1n1c3ccc(P(=[Se])(c4ccccc4)c4ccc5ccc6ccccc6c5c4)cc3nc21. The Labute approximate surface area is 343 Å². The average molecular weight is 848 g/mol. The molecule has 6 heteroatoms. The van der Waals surface area contributed by atoms with Gasteiger partial charge in [-0.15, -0.1) is 0 Å². The third-order valence-corrected chi connectivity index (χ3v) is 23.5. The van der Waals surface area contributed by atoms with Crippen LogP contribution in [-0.4, -0.2) is 24.5 Å². The first-order valence-corrected chi connectivity index (χ1v) is 25.9. The van der Waals surface area contributed by atoms with E-state index in [0.717, 1.165) is 27.6 Å². The van der Waals surface area contributed by atoms with E-state index in [1.54, 1.807) is 0 Å². The van der Waals surface area contributed by atoms with Gasteiger partial charge in [-0.25, -0.2) is 0 Å². The second-order valence-electron chi connectivity index (χ2n) is 14.6. The number of benzene rings is 9. The topological polar surface area (TPSA) is 17.3 Å². The fraction of sp³-hybridized carbons (Fsp3) is 0. The van der Waals surface area contributed by atoms with Crippen LogP contribution in [0.2, 0.25) is 0 Å². The summed E-state index contributed by atoms with van der Waals surface area (Å²) in [5.74, 6) is 0. The molecule has 1 atom stereocenters. The molecule has 0 spiro atoms. The zero-order valence-corrected chi connectivity index (χ0v) is 35.1. The molecule has 1 unspecified atom stereocenters. The molecule has 0 aliphatic carbocycles. The second kappa shape index (κ2) is 13.6. The van der Waals surface area contributed by atoms with Gasteiger partial charge in [0.15, 0.2) is 0 Å². The van der Waals surface area contributed by atoms with Crippen molar-refractivity contribution in [2.45, 2.75) is 0 Å². The summed E-state index contributed by atoms with van der Waals surface area (Å²) in [5.41, 5.74) is 1.90. The Morgan fingerprint density at radius 3 is 1.68 bits per heavy atom. The Kier molecular flexibility index (Phi) is 8.30. The van der Waals surface area contributed by atoms with Gasteiger partial charge in [0, 0.05) is 0 Å². The molecule has 0 amide bonds. The molecular weight excluding hydrogens is 814 g/mol. The van der Waals surface area contributed by atoms with Gasteiger partial charge in [-0.2, -0.15) is 0 Å². The standard InChI is InChI=1S/C51H34N2P2SSe/c56-54(37-16-4-1-5-17-37,38-18-6-2-7-19-38)49-26-14-24-44-50(49)43-23-12-13-25-47(43)53-48-32-31-41(34-46(48)52-51(44)53)55(57,39-20-8-3-9-21-39)40-30-29-36-28-27-35-15-10-11-22-42(35)45(36)33-40/h1-34H. The molecule has 0 saturated heterocycles. The van der Waals surface area contributed by atoms with Crippen LogP contribution in [0.1, 0.15) is 0 Å². The van der Waals surface area contributed by atoms with Crippen LogP contribution in [0.4, 0.5) is 0 Å². The van der Waals surface area contributed by atoms with Crippen molar-refractivity contribution in [2.24, 2.45) is 0 Å².